The summed E-state index contributed by atoms with van der Waals surface area (Å²) < 4.78 is 5.52. The van der Waals surface area contributed by atoms with E-state index in [4.69, 9.17) is 20.5 Å². The third-order valence-electron chi connectivity index (χ3n) is 7.55. The Bertz CT molecular complexity index is 878. The molecule has 39 heavy (non-hydrogen) atoms. The highest BCUT2D eigenvalue weighted by molar-refractivity contribution is 6.32. The first-order chi connectivity index (χ1) is 19.3. The Morgan fingerprint density at radius 3 is 2.67 bits per heavy atom. The minimum atomic E-state index is 0.405. The van der Waals surface area contributed by atoms with Crippen molar-refractivity contribution in [2.24, 2.45) is 15.9 Å². The maximum Gasteiger partial charge on any atom is 0.226 e. The lowest BCUT2D eigenvalue weighted by atomic mass is 9.95. The van der Waals surface area contributed by atoms with E-state index >= 15 is 0 Å². The molecule has 1 aromatic rings. The molecule has 4 rings (SSSR count). The highest BCUT2D eigenvalue weighted by Crippen LogP contribution is 2.21. The first-order valence-corrected chi connectivity index (χ1v) is 14.9. The fourth-order valence-electron chi connectivity index (χ4n) is 5.27. The molecule has 2 aliphatic heterocycles. The van der Waals surface area contributed by atoms with Crippen LogP contribution in [0.5, 0.6) is 0 Å². The molecule has 0 radical (unpaired) electrons. The Kier molecular flexibility index (Phi) is 13.0. The summed E-state index contributed by atoms with van der Waals surface area (Å²) in [6.07, 6.45) is 11.7. The quantitative estimate of drug-likeness (QED) is 0.0824. The van der Waals surface area contributed by atoms with E-state index in [1.54, 1.807) is 6.21 Å². The average Bonchev–Trinajstić information content (AvgIpc) is 2.99. The van der Waals surface area contributed by atoms with Crippen LogP contribution in [-0.2, 0) is 4.74 Å². The van der Waals surface area contributed by atoms with Gasteiger partial charge in [-0.15, -0.1) is 0 Å². The van der Waals surface area contributed by atoms with Crippen LogP contribution in [0.2, 0.25) is 0 Å². The number of piperidine rings is 1. The van der Waals surface area contributed by atoms with Gasteiger partial charge in [-0.1, -0.05) is 19.3 Å². The van der Waals surface area contributed by atoms with Crippen LogP contribution in [0, 0.1) is 0 Å². The Labute approximate surface area is 233 Å². The molecule has 1 aromatic heterocycles. The molecular formula is C27H49N11O. The number of morpholine rings is 1. The van der Waals surface area contributed by atoms with E-state index < -0.39 is 0 Å². The summed E-state index contributed by atoms with van der Waals surface area (Å²) in [5, 5.41) is 21.4. The number of ether oxygens (including phenoxy) is 1. The number of aliphatic imine (C=N–C) groups is 1. The molecule has 3 aliphatic rings. The van der Waals surface area contributed by atoms with Gasteiger partial charge in [0, 0.05) is 57.1 Å². The minimum absolute atomic E-state index is 0.405. The topological polar surface area (TPSA) is 149 Å². The predicted molar refractivity (Wildman–Crippen MR) is 160 cm³/mol. The predicted octanol–water partition coefficient (Wildman–Crippen LogP) is 1.18. The van der Waals surface area contributed by atoms with Gasteiger partial charge in [-0.25, -0.2) is 0 Å². The zero-order valence-electron chi connectivity index (χ0n) is 23.5. The van der Waals surface area contributed by atoms with Gasteiger partial charge in [0.25, 0.3) is 0 Å². The number of rotatable bonds is 15. The van der Waals surface area contributed by atoms with Crippen molar-refractivity contribution in [3.05, 3.63) is 6.07 Å². The van der Waals surface area contributed by atoms with Crippen LogP contribution in [0.3, 0.4) is 0 Å². The normalized spacial score (nSPS) is 20.0. The molecule has 12 heteroatoms. The molecular weight excluding hydrogens is 494 g/mol. The highest BCUT2D eigenvalue weighted by atomic mass is 16.5. The van der Waals surface area contributed by atoms with Crippen molar-refractivity contribution in [2.75, 3.05) is 87.7 Å². The molecule has 12 nitrogen and oxygen atoms in total. The Morgan fingerprint density at radius 2 is 1.87 bits per heavy atom. The number of anilines is 3. The lowest BCUT2D eigenvalue weighted by molar-refractivity contribution is 0.122. The average molecular weight is 544 g/mol. The van der Waals surface area contributed by atoms with Crippen molar-refractivity contribution in [3.63, 3.8) is 0 Å². The molecule has 3 fully saturated rings. The fraction of sp³-hybridized carbons (Fsp3) is 0.778. The van der Waals surface area contributed by atoms with Gasteiger partial charge in [0.1, 0.15) is 11.6 Å². The number of hydrazone groups is 1. The number of hydrogen-bond acceptors (Lipinski definition) is 12. The van der Waals surface area contributed by atoms with Crippen molar-refractivity contribution in [3.8, 4) is 0 Å². The van der Waals surface area contributed by atoms with E-state index in [9.17, 15) is 0 Å². The van der Waals surface area contributed by atoms with E-state index in [2.05, 4.69) is 41.6 Å². The maximum atomic E-state index is 5.65. The van der Waals surface area contributed by atoms with Crippen LogP contribution < -0.4 is 37.3 Å². The molecule has 3 heterocycles. The summed E-state index contributed by atoms with van der Waals surface area (Å²) in [6.45, 7) is 9.21. The van der Waals surface area contributed by atoms with Crippen LogP contribution in [0.15, 0.2) is 16.2 Å². The Morgan fingerprint density at radius 1 is 1.05 bits per heavy atom. The molecule has 2 saturated heterocycles. The number of nitrogens with zero attached hydrogens (tertiary/aromatic N) is 5. The van der Waals surface area contributed by atoms with E-state index in [-0.39, 0.29) is 0 Å². The second-order valence-electron chi connectivity index (χ2n) is 10.6. The van der Waals surface area contributed by atoms with Gasteiger partial charge in [0.15, 0.2) is 0 Å². The molecule has 0 aromatic carbocycles. The van der Waals surface area contributed by atoms with E-state index in [0.29, 0.717) is 37.5 Å². The smallest absolute Gasteiger partial charge is 0.226 e. The van der Waals surface area contributed by atoms with Crippen molar-refractivity contribution in [1.29, 1.82) is 0 Å². The molecule has 0 spiro atoms. The molecule has 1 saturated carbocycles. The standard InChI is InChI=1S/C27H49N11O/c28-37-24(20-31-10-4-9-29-13-14-32-22-5-2-1-3-6-22)21-33-27-35-25(34-23-7-11-30-12-8-23)19-26(36-27)38-15-17-39-18-16-38/h19-20,22-23,29-30,32H,1-18,21,28H2,(H2,33,34,35,36). The molecule has 1 aliphatic carbocycles. The van der Waals surface area contributed by atoms with Crippen molar-refractivity contribution < 1.29 is 4.74 Å². The van der Waals surface area contributed by atoms with Gasteiger partial charge >= 0.3 is 0 Å². The summed E-state index contributed by atoms with van der Waals surface area (Å²) in [6, 6.07) is 3.16. The van der Waals surface area contributed by atoms with Crippen LogP contribution in [0.4, 0.5) is 17.6 Å². The first-order valence-electron chi connectivity index (χ1n) is 14.9. The third kappa shape index (κ3) is 10.9. The second kappa shape index (κ2) is 17.2. The van der Waals surface area contributed by atoms with E-state index in [1.807, 2.05) is 6.07 Å². The van der Waals surface area contributed by atoms with Crippen LogP contribution in [0.1, 0.15) is 51.4 Å². The van der Waals surface area contributed by atoms with Gasteiger partial charge in [-0.2, -0.15) is 15.1 Å². The number of hydrogen-bond donors (Lipinski definition) is 6. The number of nitrogens with one attached hydrogen (secondary N) is 5. The second-order valence-corrected chi connectivity index (χ2v) is 10.6. The molecule has 0 atom stereocenters. The summed E-state index contributed by atoms with van der Waals surface area (Å²) in [4.78, 5) is 16.3. The zero-order valence-corrected chi connectivity index (χ0v) is 23.5. The van der Waals surface area contributed by atoms with E-state index in [1.165, 1.54) is 32.1 Å². The Balaban J connectivity index is 1.19. The fourth-order valence-corrected chi connectivity index (χ4v) is 5.27. The number of nitrogens with two attached hydrogens (primary N) is 1. The van der Waals surface area contributed by atoms with Crippen LogP contribution in [0.25, 0.3) is 0 Å². The molecule has 0 unspecified atom stereocenters. The van der Waals surface area contributed by atoms with Gasteiger partial charge in [0.05, 0.1) is 25.5 Å². The summed E-state index contributed by atoms with van der Waals surface area (Å²) in [5.74, 6) is 7.93. The van der Waals surface area contributed by atoms with Crippen LogP contribution >= 0.6 is 0 Å². The monoisotopic (exact) mass is 543 g/mol. The summed E-state index contributed by atoms with van der Waals surface area (Å²) in [5.41, 5.74) is 0.660. The lowest BCUT2D eigenvalue weighted by Crippen LogP contribution is -2.37. The van der Waals surface area contributed by atoms with Crippen molar-refractivity contribution >= 4 is 29.5 Å². The summed E-state index contributed by atoms with van der Waals surface area (Å²) >= 11 is 0. The number of aromatic nitrogens is 2. The van der Waals surface area contributed by atoms with Crippen molar-refractivity contribution in [1.82, 2.24) is 25.9 Å². The van der Waals surface area contributed by atoms with Gasteiger partial charge in [-0.05, 0) is 51.7 Å². The SMILES string of the molecule is NN=C(C=NCCCNCCNC1CCCCC1)CNc1nc(NC2CCNCC2)cc(N2CCOCC2)n1. The maximum absolute atomic E-state index is 5.65. The van der Waals surface area contributed by atoms with Gasteiger partial charge < -0.3 is 42.1 Å². The highest BCUT2D eigenvalue weighted by Gasteiger charge is 2.18. The Hall–Kier alpha value is -2.54. The third-order valence-corrected chi connectivity index (χ3v) is 7.55. The minimum Gasteiger partial charge on any atom is -0.378 e. The first kappa shape index (κ1) is 29.4. The van der Waals surface area contributed by atoms with Crippen LogP contribution in [-0.4, -0.2) is 106 Å². The molecule has 0 bridgehead atoms. The van der Waals surface area contributed by atoms with Crippen molar-refractivity contribution in [2.45, 2.75) is 63.5 Å². The molecule has 7 N–H and O–H groups in total. The van der Waals surface area contributed by atoms with Gasteiger partial charge in [-0.3, -0.25) is 4.99 Å². The lowest BCUT2D eigenvalue weighted by Gasteiger charge is -2.29. The van der Waals surface area contributed by atoms with E-state index in [0.717, 1.165) is 89.3 Å². The zero-order chi connectivity index (χ0) is 27.0. The van der Waals surface area contributed by atoms with Gasteiger partial charge in [0.2, 0.25) is 5.95 Å². The molecule has 0 amide bonds. The largest absolute Gasteiger partial charge is 0.378 e. The molecule has 218 valence electrons. The summed E-state index contributed by atoms with van der Waals surface area (Å²) in [7, 11) is 0.